The summed E-state index contributed by atoms with van der Waals surface area (Å²) in [6.45, 7) is 0. The van der Waals surface area contributed by atoms with Gasteiger partial charge < -0.3 is 14.8 Å². The van der Waals surface area contributed by atoms with Crippen LogP contribution in [0.5, 0.6) is 5.75 Å². The molecular formula is C12H11BN2O4. The van der Waals surface area contributed by atoms with Crippen LogP contribution < -0.4 is 4.65 Å². The Morgan fingerprint density at radius 1 is 1.47 bits per heavy atom. The molecule has 2 aromatic rings. The number of carbonyl (C=O) groups is 1. The average Bonchev–Trinajstić information content (AvgIpc) is 2.90. The van der Waals surface area contributed by atoms with Gasteiger partial charge in [0.2, 0.25) is 0 Å². The van der Waals surface area contributed by atoms with Crippen molar-refractivity contribution in [3.05, 3.63) is 41.7 Å². The minimum atomic E-state index is -1.10. The molecule has 0 spiro atoms. The van der Waals surface area contributed by atoms with Crippen LogP contribution in [0.15, 0.2) is 30.6 Å². The first-order chi connectivity index (χ1) is 9.16. The van der Waals surface area contributed by atoms with Crippen molar-refractivity contribution in [2.24, 2.45) is 0 Å². The molecule has 3 rings (SSSR count). The van der Waals surface area contributed by atoms with Crippen LogP contribution in [0.2, 0.25) is 6.32 Å². The van der Waals surface area contributed by atoms with Gasteiger partial charge in [-0.15, -0.1) is 0 Å². The van der Waals surface area contributed by atoms with E-state index in [0.29, 0.717) is 18.4 Å². The molecule has 0 amide bonds. The third-order valence-electron chi connectivity index (χ3n) is 3.10. The number of aromatic carboxylic acids is 1. The summed E-state index contributed by atoms with van der Waals surface area (Å²) in [5, 5.41) is 23.0. The summed E-state index contributed by atoms with van der Waals surface area (Å²) in [5.41, 5.74) is 1.24. The van der Waals surface area contributed by atoms with Crippen molar-refractivity contribution in [1.82, 2.24) is 9.78 Å². The number of fused-ring (bicyclic) bond motifs is 1. The van der Waals surface area contributed by atoms with Crippen molar-refractivity contribution in [2.75, 3.05) is 0 Å². The van der Waals surface area contributed by atoms with Crippen molar-refractivity contribution < 1.29 is 19.6 Å². The molecule has 1 aromatic carbocycles. The number of carboxylic acid groups (broad SMARTS) is 1. The fraction of sp³-hybridized carbons (Fsp3) is 0.167. The Morgan fingerprint density at radius 2 is 2.32 bits per heavy atom. The lowest BCUT2D eigenvalue weighted by atomic mass is 9.78. The van der Waals surface area contributed by atoms with E-state index in [2.05, 4.69) is 5.10 Å². The van der Waals surface area contributed by atoms with Gasteiger partial charge in [-0.1, -0.05) is 6.07 Å². The predicted molar refractivity (Wildman–Crippen MR) is 67.6 cm³/mol. The van der Waals surface area contributed by atoms with E-state index in [1.807, 2.05) is 6.07 Å². The minimum Gasteiger partial charge on any atom is -0.535 e. The van der Waals surface area contributed by atoms with E-state index in [4.69, 9.17) is 4.65 Å². The first kappa shape index (κ1) is 11.8. The standard InChI is InChI=1S/C12H11BN2O4/c16-12(17)10-9(15-7-1-6-14-15)3-2-8-4-5-13(18)19-11(8)10/h1-3,6-7,18H,4-5H2,(H,16,17). The van der Waals surface area contributed by atoms with E-state index in [9.17, 15) is 14.9 Å². The van der Waals surface area contributed by atoms with Crippen LogP contribution in [0, 0.1) is 0 Å². The second kappa shape index (κ2) is 4.44. The highest BCUT2D eigenvalue weighted by Gasteiger charge is 2.29. The zero-order chi connectivity index (χ0) is 13.4. The highest BCUT2D eigenvalue weighted by atomic mass is 16.5. The summed E-state index contributed by atoms with van der Waals surface area (Å²) in [5.74, 6) is -0.865. The largest absolute Gasteiger partial charge is 0.535 e. The molecule has 0 atom stereocenters. The Bertz CT molecular complexity index is 627. The third kappa shape index (κ3) is 1.98. The van der Waals surface area contributed by atoms with Crippen LogP contribution in [-0.2, 0) is 6.42 Å². The number of hydrogen-bond donors (Lipinski definition) is 2. The normalized spacial score (nSPS) is 13.8. The molecule has 0 bridgehead atoms. The molecule has 0 saturated heterocycles. The topological polar surface area (TPSA) is 84.6 Å². The highest BCUT2D eigenvalue weighted by Crippen LogP contribution is 2.34. The number of carboxylic acids is 1. The van der Waals surface area contributed by atoms with Crippen LogP contribution in [0.3, 0.4) is 0 Å². The quantitative estimate of drug-likeness (QED) is 0.784. The van der Waals surface area contributed by atoms with Gasteiger partial charge in [0.1, 0.15) is 11.3 Å². The molecule has 0 saturated carbocycles. The molecule has 2 N–H and O–H groups in total. The van der Waals surface area contributed by atoms with Crippen LogP contribution in [0.1, 0.15) is 15.9 Å². The van der Waals surface area contributed by atoms with Gasteiger partial charge in [-0.3, -0.25) is 0 Å². The van der Waals surface area contributed by atoms with Gasteiger partial charge in [0.05, 0.1) is 5.69 Å². The van der Waals surface area contributed by atoms with E-state index in [1.165, 1.54) is 4.68 Å². The first-order valence-corrected chi connectivity index (χ1v) is 5.90. The molecule has 0 unspecified atom stereocenters. The molecule has 0 aliphatic carbocycles. The Morgan fingerprint density at radius 3 is 3.00 bits per heavy atom. The van der Waals surface area contributed by atoms with Gasteiger partial charge in [0.15, 0.2) is 0 Å². The summed E-state index contributed by atoms with van der Waals surface area (Å²) in [6.07, 6.45) is 4.29. The van der Waals surface area contributed by atoms with E-state index >= 15 is 0 Å². The van der Waals surface area contributed by atoms with Gasteiger partial charge in [0, 0.05) is 12.4 Å². The molecule has 19 heavy (non-hydrogen) atoms. The number of benzene rings is 1. The van der Waals surface area contributed by atoms with E-state index < -0.39 is 13.1 Å². The minimum absolute atomic E-state index is 0.0277. The fourth-order valence-corrected chi connectivity index (χ4v) is 2.23. The summed E-state index contributed by atoms with van der Waals surface area (Å²) in [6, 6.07) is 5.22. The molecule has 0 fully saturated rings. The van der Waals surface area contributed by atoms with Crippen molar-refractivity contribution in [3.63, 3.8) is 0 Å². The van der Waals surface area contributed by atoms with Gasteiger partial charge in [-0.2, -0.15) is 5.10 Å². The van der Waals surface area contributed by atoms with Gasteiger partial charge in [0.25, 0.3) is 0 Å². The molecule has 1 aliphatic heterocycles. The summed E-state index contributed by atoms with van der Waals surface area (Å²) in [4.78, 5) is 11.5. The second-order valence-electron chi connectivity index (χ2n) is 4.31. The van der Waals surface area contributed by atoms with Crippen LogP contribution in [0.25, 0.3) is 5.69 Å². The Kier molecular flexibility index (Phi) is 2.75. The van der Waals surface area contributed by atoms with E-state index in [1.54, 1.807) is 24.5 Å². The monoisotopic (exact) mass is 258 g/mol. The molecule has 6 nitrogen and oxygen atoms in total. The average molecular weight is 258 g/mol. The first-order valence-electron chi connectivity index (χ1n) is 5.90. The van der Waals surface area contributed by atoms with Crippen molar-refractivity contribution in [2.45, 2.75) is 12.7 Å². The maximum absolute atomic E-state index is 11.5. The number of hydrogen-bond acceptors (Lipinski definition) is 4. The lowest BCUT2D eigenvalue weighted by molar-refractivity contribution is 0.0694. The van der Waals surface area contributed by atoms with Crippen molar-refractivity contribution in [1.29, 1.82) is 0 Å². The van der Waals surface area contributed by atoms with E-state index in [-0.39, 0.29) is 11.3 Å². The summed E-state index contributed by atoms with van der Waals surface area (Å²) >= 11 is 0. The maximum atomic E-state index is 11.5. The molecule has 2 heterocycles. The summed E-state index contributed by atoms with van der Waals surface area (Å²) in [7, 11) is -0.960. The molecule has 1 aromatic heterocycles. The van der Waals surface area contributed by atoms with E-state index in [0.717, 1.165) is 5.56 Å². The number of aryl methyl sites for hydroxylation is 1. The van der Waals surface area contributed by atoms with Crippen molar-refractivity contribution >= 4 is 13.1 Å². The van der Waals surface area contributed by atoms with Crippen LogP contribution >= 0.6 is 0 Å². The summed E-state index contributed by atoms with van der Waals surface area (Å²) < 4.78 is 6.76. The van der Waals surface area contributed by atoms with Crippen LogP contribution in [0.4, 0.5) is 0 Å². The second-order valence-corrected chi connectivity index (χ2v) is 4.31. The number of rotatable bonds is 2. The van der Waals surface area contributed by atoms with Gasteiger partial charge in [-0.05, 0) is 30.4 Å². The zero-order valence-electron chi connectivity index (χ0n) is 9.98. The van der Waals surface area contributed by atoms with Crippen LogP contribution in [-0.4, -0.2) is 33.0 Å². The maximum Gasteiger partial charge on any atom is 0.522 e. The molecule has 7 heteroatoms. The number of nitrogens with zero attached hydrogens (tertiary/aromatic N) is 2. The Hall–Kier alpha value is -2.28. The zero-order valence-corrected chi connectivity index (χ0v) is 9.98. The lowest BCUT2D eigenvalue weighted by Gasteiger charge is -2.22. The molecule has 1 aliphatic rings. The predicted octanol–water partition coefficient (Wildman–Crippen LogP) is 0.986. The SMILES string of the molecule is O=C(O)c1c(-n2cccn2)ccc2c1OB(O)CC2. The van der Waals surface area contributed by atoms with Gasteiger partial charge >= 0.3 is 13.1 Å². The van der Waals surface area contributed by atoms with Gasteiger partial charge in [-0.25, -0.2) is 9.48 Å². The Labute approximate surface area is 109 Å². The fourth-order valence-electron chi connectivity index (χ4n) is 2.23. The smallest absolute Gasteiger partial charge is 0.522 e. The molecular weight excluding hydrogens is 247 g/mol. The Balaban J connectivity index is 2.22. The number of aromatic nitrogens is 2. The van der Waals surface area contributed by atoms with Crippen molar-refractivity contribution in [3.8, 4) is 11.4 Å². The molecule has 96 valence electrons. The lowest BCUT2D eigenvalue weighted by Crippen LogP contribution is -2.28. The highest BCUT2D eigenvalue weighted by molar-refractivity contribution is 6.44. The third-order valence-corrected chi connectivity index (χ3v) is 3.10. The molecule has 0 radical (unpaired) electrons.